The number of benzene rings is 2. The summed E-state index contributed by atoms with van der Waals surface area (Å²) in [7, 11) is 0. The number of carbonyl (C=O) groups excluding carboxylic acids is 3. The van der Waals surface area contributed by atoms with Crippen LogP contribution < -0.4 is 32.0 Å². The van der Waals surface area contributed by atoms with Gasteiger partial charge in [0, 0.05) is 11.3 Å². The summed E-state index contributed by atoms with van der Waals surface area (Å²) in [6, 6.07) is 11.1. The monoisotopic (exact) mass is 614 g/mol. The van der Waals surface area contributed by atoms with Gasteiger partial charge in [0.15, 0.2) is 12.0 Å². The van der Waals surface area contributed by atoms with Crippen molar-refractivity contribution in [3.63, 3.8) is 0 Å². The molecule has 1 saturated carbocycles. The van der Waals surface area contributed by atoms with Gasteiger partial charge in [0.1, 0.15) is 18.6 Å². The molecule has 4 amide bonds. The molecule has 1 unspecified atom stereocenters. The highest BCUT2D eigenvalue weighted by molar-refractivity contribution is 6.12. The first-order valence-corrected chi connectivity index (χ1v) is 15.4. The Balaban J connectivity index is 1.07. The van der Waals surface area contributed by atoms with Gasteiger partial charge in [-0.1, -0.05) is 30.3 Å². The number of guanidine groups is 2. The number of hydrogen-bond acceptors (Lipinski definition) is 10. The number of urea groups is 1. The van der Waals surface area contributed by atoms with E-state index in [0.717, 1.165) is 42.6 Å². The first-order chi connectivity index (χ1) is 21.6. The summed E-state index contributed by atoms with van der Waals surface area (Å²) in [5, 5.41) is 29.7. The van der Waals surface area contributed by atoms with Crippen LogP contribution in [0.15, 0.2) is 53.5 Å². The molecule has 4 heterocycles. The fourth-order valence-corrected chi connectivity index (χ4v) is 8.25. The molecule has 6 aliphatic rings. The van der Waals surface area contributed by atoms with Gasteiger partial charge in [-0.2, -0.15) is 0 Å². The predicted octanol–water partition coefficient (Wildman–Crippen LogP) is -2.62. The average molecular weight is 615 g/mol. The van der Waals surface area contributed by atoms with Gasteiger partial charge in [-0.15, -0.1) is 0 Å². The number of nitrogens with one attached hydrogen (secondary N) is 3. The SMILES string of the molecule is NC1=N[C@@H](CN2C(=O)CN(c3ccccc3)C2=O)[C@@H]2[NH+]=C(N)N[C@]23N1CC(NC(=O)c1cccc2c1CCCC21CC1)C3(O)O. The fraction of sp³-hybridized carbons (Fsp3) is 0.452. The Hall–Kier alpha value is -4.69. The Bertz CT molecular complexity index is 1690. The standard InChI is InChI=1S/C31H35N9O5/c32-26-36-24-21(14-39-23(41)16-38(28(39)43)17-6-2-1-3-7-17)34-27(33)40-15-22(31(44,45)30(24,40)37-26)35-25(42)19-8-4-10-20-18(19)9-5-11-29(20)12-13-29/h1-4,6-8,10,21-22,24,44-45H,5,9,11-16H2,(H2,33,34)(H,35,42)(H3,32,36,37)/p+1/t21-,22?,24-,30-/m0/s1. The molecule has 0 bridgehead atoms. The van der Waals surface area contributed by atoms with Crippen molar-refractivity contribution in [1.82, 2.24) is 20.4 Å². The molecule has 0 aromatic heterocycles. The lowest BCUT2D eigenvalue weighted by Crippen LogP contribution is -2.90. The highest BCUT2D eigenvalue weighted by atomic mass is 16.5. The van der Waals surface area contributed by atoms with Crippen molar-refractivity contribution in [2.24, 2.45) is 16.5 Å². The molecule has 2 saturated heterocycles. The number of rotatable bonds is 5. The highest BCUT2D eigenvalue weighted by Crippen LogP contribution is 2.55. The van der Waals surface area contributed by atoms with E-state index in [4.69, 9.17) is 11.5 Å². The Kier molecular flexibility index (Phi) is 5.82. The van der Waals surface area contributed by atoms with Crippen molar-refractivity contribution in [3.05, 3.63) is 65.2 Å². The number of nitrogens with two attached hydrogens (primary N) is 2. The van der Waals surface area contributed by atoms with E-state index in [-0.39, 0.29) is 37.0 Å². The molecule has 8 rings (SSSR count). The molecule has 14 nitrogen and oxygen atoms in total. The maximum atomic E-state index is 13.8. The number of fused-ring (bicyclic) bond motifs is 2. The quantitative estimate of drug-likeness (QED) is 0.139. The zero-order chi connectivity index (χ0) is 31.3. The number of imide groups is 1. The topological polar surface area (TPSA) is 204 Å². The van der Waals surface area contributed by atoms with Crippen LogP contribution in [0.25, 0.3) is 0 Å². The number of aliphatic imine (C=N–C) groups is 1. The minimum Gasteiger partial charge on any atom is -0.370 e. The largest absolute Gasteiger partial charge is 0.370 e. The fourth-order valence-electron chi connectivity index (χ4n) is 8.25. The van der Waals surface area contributed by atoms with Gasteiger partial charge in [0.2, 0.25) is 5.79 Å². The third-order valence-electron chi connectivity index (χ3n) is 10.6. The zero-order valence-corrected chi connectivity index (χ0v) is 24.6. The Morgan fingerprint density at radius 3 is 2.62 bits per heavy atom. The van der Waals surface area contributed by atoms with Crippen LogP contribution in [0, 0.1) is 0 Å². The lowest BCUT2D eigenvalue weighted by atomic mass is 9.78. The number of para-hydroxylation sites is 1. The Morgan fingerprint density at radius 2 is 1.87 bits per heavy atom. The van der Waals surface area contributed by atoms with Crippen molar-refractivity contribution in [1.29, 1.82) is 0 Å². The van der Waals surface area contributed by atoms with E-state index in [9.17, 15) is 24.6 Å². The summed E-state index contributed by atoms with van der Waals surface area (Å²) in [5.74, 6) is -3.44. The third-order valence-corrected chi connectivity index (χ3v) is 10.6. The van der Waals surface area contributed by atoms with E-state index in [2.05, 4.69) is 26.7 Å². The first kappa shape index (κ1) is 27.8. The third kappa shape index (κ3) is 3.84. The molecule has 4 aliphatic heterocycles. The van der Waals surface area contributed by atoms with Crippen molar-refractivity contribution in [2.45, 2.75) is 67.1 Å². The zero-order valence-electron chi connectivity index (χ0n) is 24.6. The Labute approximate surface area is 258 Å². The molecule has 2 aromatic rings. The van der Waals surface area contributed by atoms with Crippen LogP contribution in [0.5, 0.6) is 0 Å². The van der Waals surface area contributed by atoms with Crippen molar-refractivity contribution in [3.8, 4) is 0 Å². The second kappa shape index (κ2) is 9.41. The number of amides is 4. The van der Waals surface area contributed by atoms with Gasteiger partial charge >= 0.3 is 12.0 Å². The average Bonchev–Trinajstić information content (AvgIpc) is 3.53. The van der Waals surface area contributed by atoms with Crippen molar-refractivity contribution < 1.29 is 29.6 Å². The number of hydrogen-bond donors (Lipinski definition) is 7. The van der Waals surface area contributed by atoms with Crippen molar-refractivity contribution >= 4 is 35.5 Å². The number of aliphatic hydroxyl groups is 2. The van der Waals surface area contributed by atoms with E-state index in [1.165, 1.54) is 15.4 Å². The van der Waals surface area contributed by atoms with Gasteiger partial charge in [-0.25, -0.2) is 15.1 Å². The molecule has 0 radical (unpaired) electrons. The molecule has 2 aliphatic carbocycles. The molecular formula is C31H36N9O5+. The van der Waals surface area contributed by atoms with Gasteiger partial charge in [0.25, 0.3) is 17.5 Å². The van der Waals surface area contributed by atoms with Gasteiger partial charge in [-0.05, 0) is 66.8 Å². The number of anilines is 1. The molecule has 4 atom stereocenters. The Morgan fingerprint density at radius 1 is 1.09 bits per heavy atom. The van der Waals surface area contributed by atoms with Crippen molar-refractivity contribution in [2.75, 3.05) is 24.5 Å². The molecule has 2 spiro atoms. The molecule has 9 N–H and O–H groups in total. The highest BCUT2D eigenvalue weighted by Gasteiger charge is 2.76. The van der Waals surface area contributed by atoms with Crippen LogP contribution in [-0.2, 0) is 16.6 Å². The van der Waals surface area contributed by atoms with E-state index in [1.54, 1.807) is 30.3 Å². The van der Waals surface area contributed by atoms with Crippen LogP contribution in [0.3, 0.4) is 0 Å². The first-order valence-electron chi connectivity index (χ1n) is 15.4. The van der Waals surface area contributed by atoms with Crippen LogP contribution >= 0.6 is 0 Å². The lowest BCUT2D eigenvalue weighted by Gasteiger charge is -2.46. The van der Waals surface area contributed by atoms with E-state index in [1.807, 2.05) is 12.1 Å². The van der Waals surface area contributed by atoms with Crippen LogP contribution in [0.4, 0.5) is 10.5 Å². The maximum absolute atomic E-state index is 13.8. The lowest BCUT2D eigenvalue weighted by molar-refractivity contribution is -0.521. The summed E-state index contributed by atoms with van der Waals surface area (Å²) in [5.41, 5.74) is 14.4. The van der Waals surface area contributed by atoms with Gasteiger partial charge in [0.05, 0.1) is 13.1 Å². The van der Waals surface area contributed by atoms with Crippen LogP contribution in [0.2, 0.25) is 0 Å². The minimum atomic E-state index is -2.61. The van der Waals surface area contributed by atoms with Gasteiger partial charge < -0.3 is 21.3 Å². The second-order valence-electron chi connectivity index (χ2n) is 13.0. The predicted molar refractivity (Wildman–Crippen MR) is 162 cm³/mol. The second-order valence-corrected chi connectivity index (χ2v) is 13.0. The summed E-state index contributed by atoms with van der Waals surface area (Å²) < 4.78 is 0. The van der Waals surface area contributed by atoms with Gasteiger partial charge in [-0.3, -0.25) is 35.0 Å². The van der Waals surface area contributed by atoms with E-state index < -0.39 is 47.4 Å². The normalized spacial score (nSPS) is 30.4. The molecule has 3 fully saturated rings. The summed E-state index contributed by atoms with van der Waals surface area (Å²) >= 11 is 0. The summed E-state index contributed by atoms with van der Waals surface area (Å²) in [6.45, 7) is -0.407. The number of nitrogens with zero attached hydrogens (tertiary/aromatic N) is 4. The summed E-state index contributed by atoms with van der Waals surface area (Å²) in [6.07, 6.45) is 5.17. The smallest absolute Gasteiger partial charge is 0.343 e. The molecule has 234 valence electrons. The molecule has 2 aromatic carbocycles. The van der Waals surface area contributed by atoms with Crippen LogP contribution in [0.1, 0.15) is 47.2 Å². The minimum absolute atomic E-state index is 0.0381. The molecule has 14 heteroatoms. The van der Waals surface area contributed by atoms with E-state index >= 15 is 0 Å². The molecular weight excluding hydrogens is 578 g/mol. The summed E-state index contributed by atoms with van der Waals surface area (Å²) in [4.78, 5) is 51.8. The molecule has 45 heavy (non-hydrogen) atoms. The number of carbonyl (C=O) groups is 3. The van der Waals surface area contributed by atoms with E-state index in [0.29, 0.717) is 11.3 Å². The maximum Gasteiger partial charge on any atom is 0.343 e. The van der Waals surface area contributed by atoms with Crippen LogP contribution in [-0.4, -0.2) is 99.0 Å².